The number of carbonyl (C=O) groups excluding carboxylic acids is 2. The van der Waals surface area contributed by atoms with Crippen LogP contribution in [0.5, 0.6) is 11.5 Å². The Balaban J connectivity index is 2.05. The monoisotopic (exact) mass is 469 g/mol. The third kappa shape index (κ3) is 4.61. The maximum atomic E-state index is 13.9. The van der Waals surface area contributed by atoms with Crippen molar-refractivity contribution in [2.75, 3.05) is 14.2 Å². The molecule has 33 heavy (non-hydrogen) atoms. The molecule has 1 aliphatic rings. The Hall–Kier alpha value is -2.52. The Kier molecular flexibility index (Phi) is 7.14. The van der Waals surface area contributed by atoms with E-state index in [2.05, 4.69) is 20.8 Å². The molecule has 1 unspecified atom stereocenters. The van der Waals surface area contributed by atoms with Crippen LogP contribution in [0.25, 0.3) is 0 Å². The Labute approximate surface area is 197 Å². The largest absolute Gasteiger partial charge is 0.497 e. The molecule has 177 valence electrons. The zero-order valence-electron chi connectivity index (χ0n) is 20.7. The van der Waals surface area contributed by atoms with Crippen molar-refractivity contribution in [2.45, 2.75) is 70.9 Å². The van der Waals surface area contributed by atoms with Crippen molar-refractivity contribution in [3.8, 4) is 11.5 Å². The van der Waals surface area contributed by atoms with Gasteiger partial charge in [-0.2, -0.15) is 0 Å². The fraction of sp³-hybridized carbons (Fsp3) is 0.481. The number of hydrogen-bond donors (Lipinski definition) is 0. The molecule has 2 aromatic rings. The highest BCUT2D eigenvalue weighted by atomic mass is 31.1. The van der Waals surface area contributed by atoms with Crippen molar-refractivity contribution < 1.29 is 23.6 Å². The number of benzene rings is 2. The zero-order chi connectivity index (χ0) is 24.6. The average molecular weight is 470 g/mol. The fourth-order valence-corrected chi connectivity index (χ4v) is 6.72. The fourth-order valence-electron chi connectivity index (χ4n) is 4.75. The van der Waals surface area contributed by atoms with Gasteiger partial charge in [0.1, 0.15) is 16.7 Å². The first-order chi connectivity index (χ1) is 15.5. The topological polar surface area (TPSA) is 69.7 Å². The van der Waals surface area contributed by atoms with Gasteiger partial charge in [-0.25, -0.2) is 0 Å². The Bertz CT molecular complexity index is 1080. The molecule has 1 fully saturated rings. The molecule has 5 nitrogen and oxygen atoms in total. The van der Waals surface area contributed by atoms with Crippen LogP contribution < -0.4 is 9.47 Å². The van der Waals surface area contributed by atoms with Gasteiger partial charge in [-0.1, -0.05) is 45.7 Å². The molecule has 1 atom stereocenters. The van der Waals surface area contributed by atoms with E-state index >= 15 is 0 Å². The maximum absolute atomic E-state index is 13.9. The van der Waals surface area contributed by atoms with Gasteiger partial charge in [-0.3, -0.25) is 14.2 Å². The predicted octanol–water partition coefficient (Wildman–Crippen LogP) is 6.78. The van der Waals surface area contributed by atoms with E-state index in [0.29, 0.717) is 35.5 Å². The number of ketones is 1. The van der Waals surface area contributed by atoms with Crippen molar-refractivity contribution in [3.63, 3.8) is 0 Å². The summed E-state index contributed by atoms with van der Waals surface area (Å²) in [6.45, 7) is 10.1. The lowest BCUT2D eigenvalue weighted by Gasteiger charge is -2.27. The summed E-state index contributed by atoms with van der Waals surface area (Å²) in [6.07, 6.45) is 2.39. The van der Waals surface area contributed by atoms with Crippen LogP contribution in [0.2, 0.25) is 0 Å². The summed E-state index contributed by atoms with van der Waals surface area (Å²) < 4.78 is 24.6. The molecule has 1 radical (unpaired) electrons. The average Bonchev–Trinajstić information content (AvgIpc) is 3.27. The second kappa shape index (κ2) is 9.38. The maximum Gasteiger partial charge on any atom is 0.243 e. The first kappa shape index (κ1) is 25.1. The highest BCUT2D eigenvalue weighted by Crippen LogP contribution is 2.55. The molecule has 0 saturated heterocycles. The molecule has 0 N–H and O–H groups in total. The highest BCUT2D eigenvalue weighted by Gasteiger charge is 2.51. The number of ether oxygens (including phenoxy) is 2. The lowest BCUT2D eigenvalue weighted by atomic mass is 9.84. The quantitative estimate of drug-likeness (QED) is 0.330. The summed E-state index contributed by atoms with van der Waals surface area (Å²) in [5.41, 5.74) is 3.05. The van der Waals surface area contributed by atoms with Crippen molar-refractivity contribution in [3.05, 3.63) is 58.1 Å². The standard InChI is InChI=1S/C27H34O5P/c1-17-14-19(26(3,4)5)15-18(2)23(17)25(29)33(30)27(12-8-9-13-27)24(28)21-11-10-20(31-6)16-22(21)32-7/h10-11,14-16H,8-9,12-13H2,1-7H3. The molecule has 0 spiro atoms. The third-order valence-corrected chi connectivity index (χ3v) is 8.71. The Morgan fingerprint density at radius 2 is 1.52 bits per heavy atom. The molecule has 3 rings (SSSR count). The van der Waals surface area contributed by atoms with Crippen LogP contribution in [-0.2, 0) is 9.98 Å². The van der Waals surface area contributed by atoms with Crippen LogP contribution in [-0.4, -0.2) is 30.7 Å². The summed E-state index contributed by atoms with van der Waals surface area (Å²) in [4.78, 5) is 27.5. The number of hydrogen-bond acceptors (Lipinski definition) is 5. The van der Waals surface area contributed by atoms with E-state index in [-0.39, 0.29) is 11.2 Å². The SMILES string of the molecule is COc1ccc(C(=O)C2([P](=O)C(=O)c3c(C)cc(C(C)(C)C)cc3C)CCCC2)c(OC)c1. The normalized spacial score (nSPS) is 15.8. The zero-order valence-corrected chi connectivity index (χ0v) is 21.6. The van der Waals surface area contributed by atoms with Gasteiger partial charge in [0.2, 0.25) is 5.52 Å². The second-order valence-electron chi connectivity index (χ2n) is 9.97. The predicted molar refractivity (Wildman–Crippen MR) is 132 cm³/mol. The van der Waals surface area contributed by atoms with Crippen LogP contribution in [0, 0.1) is 13.8 Å². The van der Waals surface area contributed by atoms with Crippen molar-refractivity contribution in [1.82, 2.24) is 0 Å². The van der Waals surface area contributed by atoms with E-state index < -0.39 is 18.5 Å². The van der Waals surface area contributed by atoms with Crippen molar-refractivity contribution >= 4 is 19.1 Å². The van der Waals surface area contributed by atoms with Crippen molar-refractivity contribution in [2.24, 2.45) is 0 Å². The van der Waals surface area contributed by atoms with Crippen LogP contribution in [0.4, 0.5) is 0 Å². The van der Waals surface area contributed by atoms with Crippen LogP contribution in [0.3, 0.4) is 0 Å². The summed E-state index contributed by atoms with van der Waals surface area (Å²) in [6, 6.07) is 8.97. The summed E-state index contributed by atoms with van der Waals surface area (Å²) in [5.74, 6) is 0.647. The van der Waals surface area contributed by atoms with Crippen LogP contribution in [0.15, 0.2) is 30.3 Å². The van der Waals surface area contributed by atoms with Gasteiger partial charge >= 0.3 is 0 Å². The number of rotatable bonds is 7. The molecule has 1 aliphatic carbocycles. The lowest BCUT2D eigenvalue weighted by molar-refractivity contribution is 0.0928. The minimum atomic E-state index is -2.49. The number of aryl methyl sites for hydroxylation is 2. The van der Waals surface area contributed by atoms with Crippen LogP contribution in [0.1, 0.15) is 83.9 Å². The summed E-state index contributed by atoms with van der Waals surface area (Å²) in [7, 11) is 0.539. The molecular weight excluding hydrogens is 435 g/mol. The van der Waals surface area contributed by atoms with E-state index in [1.54, 1.807) is 25.3 Å². The van der Waals surface area contributed by atoms with Crippen molar-refractivity contribution in [1.29, 1.82) is 0 Å². The minimum Gasteiger partial charge on any atom is -0.497 e. The smallest absolute Gasteiger partial charge is 0.243 e. The molecular formula is C27H34O5P. The van der Waals surface area contributed by atoms with E-state index in [9.17, 15) is 14.2 Å². The van der Waals surface area contributed by atoms with E-state index in [0.717, 1.165) is 29.5 Å². The Morgan fingerprint density at radius 1 is 0.939 bits per heavy atom. The summed E-state index contributed by atoms with van der Waals surface area (Å²) in [5, 5.41) is -1.21. The minimum absolute atomic E-state index is 0.0626. The molecule has 0 aromatic heterocycles. The molecule has 0 heterocycles. The Morgan fingerprint density at radius 3 is 2.00 bits per heavy atom. The van der Waals surface area contributed by atoms with Gasteiger partial charge in [0.25, 0.3) is 0 Å². The number of Topliss-reactive ketones (excluding diaryl/α,β-unsaturated/α-hetero) is 1. The number of carbonyl (C=O) groups is 2. The molecule has 1 saturated carbocycles. The van der Waals surface area contributed by atoms with Gasteiger partial charge in [-0.15, -0.1) is 0 Å². The third-order valence-electron chi connectivity index (χ3n) is 6.69. The van der Waals surface area contributed by atoms with E-state index in [1.807, 2.05) is 26.0 Å². The van der Waals surface area contributed by atoms with Gasteiger partial charge in [0.15, 0.2) is 13.6 Å². The van der Waals surface area contributed by atoms with Gasteiger partial charge < -0.3 is 9.47 Å². The van der Waals surface area contributed by atoms with Gasteiger partial charge in [0.05, 0.1) is 19.8 Å². The molecule has 0 amide bonds. The van der Waals surface area contributed by atoms with E-state index in [4.69, 9.17) is 9.47 Å². The first-order valence-corrected chi connectivity index (χ1v) is 12.6. The summed E-state index contributed by atoms with van der Waals surface area (Å²) >= 11 is 0. The van der Waals surface area contributed by atoms with Gasteiger partial charge in [-0.05, 0) is 60.9 Å². The molecule has 0 bridgehead atoms. The second-order valence-corrected chi connectivity index (χ2v) is 11.8. The highest BCUT2D eigenvalue weighted by molar-refractivity contribution is 7.67. The molecule has 6 heteroatoms. The lowest BCUT2D eigenvalue weighted by Crippen LogP contribution is -2.34. The number of methoxy groups -OCH3 is 2. The van der Waals surface area contributed by atoms with E-state index in [1.165, 1.54) is 7.11 Å². The molecule has 2 aromatic carbocycles. The van der Waals surface area contributed by atoms with Crippen LogP contribution >= 0.6 is 7.80 Å². The molecule has 0 aliphatic heterocycles. The first-order valence-electron chi connectivity index (χ1n) is 11.4. The van der Waals surface area contributed by atoms with Gasteiger partial charge in [0, 0.05) is 11.6 Å².